The number of Topliss-reactive ketones (excluding diaryl/α,β-unsaturated/α-hetero) is 2. The highest BCUT2D eigenvalue weighted by molar-refractivity contribution is 6.23. The Morgan fingerprint density at radius 3 is 1.50 bits per heavy atom. The van der Waals surface area contributed by atoms with Crippen LogP contribution in [0.1, 0.15) is 20.7 Å². The zero-order valence-corrected chi connectivity index (χ0v) is 14.8. The number of carbonyl (C=O) groups excluding carboxylic acids is 2. The van der Waals surface area contributed by atoms with E-state index in [1.807, 2.05) is 0 Å². The molecule has 0 unspecified atom stereocenters. The van der Waals surface area contributed by atoms with Crippen LogP contribution >= 0.6 is 0 Å². The van der Waals surface area contributed by atoms with Crippen LogP contribution < -0.4 is 0 Å². The molecule has 0 bridgehead atoms. The second-order valence-corrected chi connectivity index (χ2v) is 6.33. The summed E-state index contributed by atoms with van der Waals surface area (Å²) in [7, 11) is 0. The highest BCUT2D eigenvalue weighted by atomic mass is 16.4. The Balaban J connectivity index is 2.52. The fraction of sp³-hybridized carbons (Fsp3) is 0.300. The number of hydrogen-bond acceptors (Lipinski definition) is 8. The fourth-order valence-electron chi connectivity index (χ4n) is 2.76. The van der Waals surface area contributed by atoms with E-state index < -0.39 is 48.2 Å². The lowest BCUT2D eigenvalue weighted by Gasteiger charge is -2.35. The van der Waals surface area contributed by atoms with E-state index in [4.69, 9.17) is 5.11 Å². The lowest BCUT2D eigenvalue weighted by atomic mass is 9.78. The molecule has 6 N–H and O–H groups in total. The van der Waals surface area contributed by atoms with Gasteiger partial charge in [0.2, 0.25) is 17.2 Å². The number of carbonyl (C=O) groups is 2. The maximum atomic E-state index is 13.0. The Kier molecular flexibility index (Phi) is 7.14. The van der Waals surface area contributed by atoms with Crippen LogP contribution in [0.5, 0.6) is 0 Å². The maximum Gasteiger partial charge on any atom is 0.219 e. The van der Waals surface area contributed by atoms with Gasteiger partial charge < -0.3 is 30.6 Å². The van der Waals surface area contributed by atoms with Gasteiger partial charge in [0.15, 0.2) is 0 Å². The number of hydrogen-bond donors (Lipinski definition) is 6. The Bertz CT molecular complexity index is 741. The average molecular weight is 390 g/mol. The highest BCUT2D eigenvalue weighted by Crippen LogP contribution is 2.27. The van der Waals surface area contributed by atoms with Crippen LogP contribution in [0, 0.1) is 0 Å². The van der Waals surface area contributed by atoms with Gasteiger partial charge in [-0.05, 0) is 0 Å². The molecule has 0 aliphatic rings. The standard InChI is InChI=1S/C20H22O8/c21-11-14(22)15(23)16(24)19(27)20(28,17(25)12-7-3-1-4-8-12)18(26)13-9-5-2-6-10-13/h1-10,14-16,19,21-24,27-28H,11H2/t14-,15-,16+,19-/m1/s1. The summed E-state index contributed by atoms with van der Waals surface area (Å²) in [6.45, 7) is -0.956. The zero-order chi connectivity index (χ0) is 20.9. The van der Waals surface area contributed by atoms with Crippen molar-refractivity contribution in [3.63, 3.8) is 0 Å². The van der Waals surface area contributed by atoms with Gasteiger partial charge in [-0.15, -0.1) is 0 Å². The van der Waals surface area contributed by atoms with E-state index in [1.54, 1.807) is 12.1 Å². The smallest absolute Gasteiger partial charge is 0.219 e. The van der Waals surface area contributed by atoms with Gasteiger partial charge in [0.25, 0.3) is 0 Å². The molecule has 0 saturated carbocycles. The minimum atomic E-state index is -3.15. The molecule has 28 heavy (non-hydrogen) atoms. The zero-order valence-electron chi connectivity index (χ0n) is 14.8. The third-order valence-corrected chi connectivity index (χ3v) is 4.45. The second kappa shape index (κ2) is 9.16. The van der Waals surface area contributed by atoms with Crippen LogP contribution in [-0.2, 0) is 0 Å². The van der Waals surface area contributed by atoms with E-state index in [-0.39, 0.29) is 11.1 Å². The Hall–Kier alpha value is -2.46. The minimum absolute atomic E-state index is 0.113. The van der Waals surface area contributed by atoms with Crippen LogP contribution in [0.4, 0.5) is 0 Å². The van der Waals surface area contributed by atoms with Gasteiger partial charge in [-0.3, -0.25) is 9.59 Å². The molecule has 2 aromatic carbocycles. The maximum absolute atomic E-state index is 13.0. The van der Waals surface area contributed by atoms with Crippen LogP contribution in [0.25, 0.3) is 0 Å². The van der Waals surface area contributed by atoms with Gasteiger partial charge in [0, 0.05) is 11.1 Å². The third-order valence-electron chi connectivity index (χ3n) is 4.45. The first-order chi connectivity index (χ1) is 13.2. The first-order valence-electron chi connectivity index (χ1n) is 8.50. The van der Waals surface area contributed by atoms with Gasteiger partial charge in [-0.1, -0.05) is 60.7 Å². The molecule has 0 spiro atoms. The first-order valence-corrected chi connectivity index (χ1v) is 8.50. The molecule has 0 aliphatic carbocycles. The van der Waals surface area contributed by atoms with Crippen molar-refractivity contribution in [2.24, 2.45) is 0 Å². The van der Waals surface area contributed by atoms with Gasteiger partial charge >= 0.3 is 0 Å². The molecule has 0 fully saturated rings. The largest absolute Gasteiger partial charge is 0.394 e. The molecule has 2 rings (SSSR count). The van der Waals surface area contributed by atoms with E-state index in [0.717, 1.165) is 0 Å². The molecule has 0 amide bonds. The molecule has 0 heterocycles. The topological polar surface area (TPSA) is 156 Å². The average Bonchev–Trinajstić information content (AvgIpc) is 2.76. The molecule has 150 valence electrons. The van der Waals surface area contributed by atoms with Crippen molar-refractivity contribution < 1.29 is 40.2 Å². The summed E-state index contributed by atoms with van der Waals surface area (Å²) in [6, 6.07) is 14.4. The Labute approximate surface area is 160 Å². The molecule has 0 radical (unpaired) electrons. The van der Waals surface area contributed by atoms with E-state index in [9.17, 15) is 35.1 Å². The van der Waals surface area contributed by atoms with Crippen molar-refractivity contribution >= 4 is 11.6 Å². The van der Waals surface area contributed by atoms with Crippen molar-refractivity contribution in [1.82, 2.24) is 0 Å². The Morgan fingerprint density at radius 2 is 1.14 bits per heavy atom. The molecule has 8 nitrogen and oxygen atoms in total. The summed E-state index contributed by atoms with van der Waals surface area (Å²) in [5.74, 6) is -2.39. The van der Waals surface area contributed by atoms with Crippen molar-refractivity contribution in [2.75, 3.05) is 6.61 Å². The number of aliphatic hydroxyl groups excluding tert-OH is 5. The van der Waals surface area contributed by atoms with Gasteiger partial charge in [-0.2, -0.15) is 0 Å². The summed E-state index contributed by atoms with van der Waals surface area (Å²) < 4.78 is 0. The van der Waals surface area contributed by atoms with Gasteiger partial charge in [0.05, 0.1) is 6.61 Å². The van der Waals surface area contributed by atoms with Crippen LogP contribution in [0.3, 0.4) is 0 Å². The Morgan fingerprint density at radius 1 is 0.750 bits per heavy atom. The monoisotopic (exact) mass is 390 g/mol. The van der Waals surface area contributed by atoms with Crippen LogP contribution in [0.2, 0.25) is 0 Å². The van der Waals surface area contributed by atoms with Gasteiger partial charge in [0.1, 0.15) is 24.4 Å². The summed E-state index contributed by atoms with van der Waals surface area (Å²) in [5, 5.41) is 60.0. The first kappa shape index (κ1) is 21.8. The normalized spacial score (nSPS) is 16.1. The lowest BCUT2D eigenvalue weighted by Crippen LogP contribution is -2.63. The van der Waals surface area contributed by atoms with Crippen molar-refractivity contribution in [3.8, 4) is 0 Å². The van der Waals surface area contributed by atoms with Crippen LogP contribution in [-0.4, -0.2) is 78.8 Å². The molecule has 2 aromatic rings. The van der Waals surface area contributed by atoms with E-state index in [1.165, 1.54) is 48.5 Å². The third kappa shape index (κ3) is 4.17. The van der Waals surface area contributed by atoms with Gasteiger partial charge in [-0.25, -0.2) is 0 Å². The number of aliphatic hydroxyl groups is 6. The predicted molar refractivity (Wildman–Crippen MR) is 97.6 cm³/mol. The molecular formula is C20H22O8. The van der Waals surface area contributed by atoms with E-state index in [2.05, 4.69) is 0 Å². The minimum Gasteiger partial charge on any atom is -0.394 e. The molecule has 0 aromatic heterocycles. The SMILES string of the molecule is O=C(c1ccccc1)C(O)(C(=O)c1ccccc1)[C@H](O)[C@@H](O)[C@H](O)[C@H](O)CO. The molecule has 8 heteroatoms. The number of ketones is 2. The number of rotatable bonds is 9. The quantitative estimate of drug-likeness (QED) is 0.233. The summed E-state index contributed by atoms with van der Waals surface area (Å²) >= 11 is 0. The van der Waals surface area contributed by atoms with E-state index >= 15 is 0 Å². The lowest BCUT2D eigenvalue weighted by molar-refractivity contribution is -0.148. The predicted octanol–water partition coefficient (Wildman–Crippen LogP) is -1.08. The highest BCUT2D eigenvalue weighted by Gasteiger charge is 2.54. The van der Waals surface area contributed by atoms with Crippen molar-refractivity contribution in [3.05, 3.63) is 71.8 Å². The fourth-order valence-corrected chi connectivity index (χ4v) is 2.76. The summed E-state index contributed by atoms with van der Waals surface area (Å²) in [4.78, 5) is 25.9. The van der Waals surface area contributed by atoms with E-state index in [0.29, 0.717) is 0 Å². The van der Waals surface area contributed by atoms with Crippen molar-refractivity contribution in [2.45, 2.75) is 30.0 Å². The molecule has 0 aliphatic heterocycles. The summed E-state index contributed by atoms with van der Waals surface area (Å²) in [6.07, 6.45) is -8.80. The van der Waals surface area contributed by atoms with Crippen LogP contribution in [0.15, 0.2) is 60.7 Å². The molecular weight excluding hydrogens is 368 g/mol. The second-order valence-electron chi connectivity index (χ2n) is 6.33. The molecule has 0 saturated heterocycles. The summed E-state index contributed by atoms with van der Waals surface area (Å²) in [5.41, 5.74) is -3.38. The number of benzene rings is 2. The molecule has 4 atom stereocenters. The van der Waals surface area contributed by atoms with Crippen molar-refractivity contribution in [1.29, 1.82) is 0 Å².